The Hall–Kier alpha value is -0.713. The Balaban J connectivity index is 1.91. The lowest BCUT2D eigenvalue weighted by Crippen LogP contribution is -2.48. The Morgan fingerprint density at radius 2 is 1.78 bits per heavy atom. The van der Waals surface area contributed by atoms with E-state index in [0.29, 0.717) is 0 Å². The predicted molar refractivity (Wildman–Crippen MR) is 74.8 cm³/mol. The number of hydrogen-bond donors (Lipinski definition) is 0. The summed E-state index contributed by atoms with van der Waals surface area (Å²) in [5, 5.41) is 0. The van der Waals surface area contributed by atoms with Crippen LogP contribution in [0, 0.1) is 5.82 Å². The van der Waals surface area contributed by atoms with Crippen LogP contribution < -0.4 is 0 Å². The summed E-state index contributed by atoms with van der Waals surface area (Å²) in [6.45, 7) is 8.65. The van der Waals surface area contributed by atoms with E-state index < -0.39 is 8.07 Å². The second-order valence-corrected chi connectivity index (χ2v) is 10.9. The second kappa shape index (κ2) is 5.95. The molecule has 0 bridgehead atoms. The van der Waals surface area contributed by atoms with Gasteiger partial charge in [0, 0.05) is 13.1 Å². The van der Waals surface area contributed by atoms with Crippen molar-refractivity contribution in [2.45, 2.75) is 19.1 Å². The van der Waals surface area contributed by atoms with E-state index in [-0.39, 0.29) is 5.82 Å². The molecule has 1 aromatic carbocycles. The van der Waals surface area contributed by atoms with Crippen molar-refractivity contribution in [1.82, 2.24) is 4.90 Å². The van der Waals surface area contributed by atoms with Crippen molar-refractivity contribution in [1.29, 1.82) is 0 Å². The van der Waals surface area contributed by atoms with Crippen molar-refractivity contribution < 1.29 is 9.13 Å². The molecule has 0 spiro atoms. The Kier molecular flexibility index (Phi) is 4.53. The third kappa shape index (κ3) is 4.19. The standard InChI is InChI=1S/C14H22FNOSi/c1-18(2,12-16-7-9-17-10-8-16)11-13-3-5-14(15)6-4-13/h3-6H,7-12H2,1-2H3. The maximum Gasteiger partial charge on any atom is 0.123 e. The van der Waals surface area contributed by atoms with Gasteiger partial charge in [-0.15, -0.1) is 0 Å². The molecular formula is C14H22FNOSi. The number of hydrogen-bond acceptors (Lipinski definition) is 2. The number of ether oxygens (including phenoxy) is 1. The lowest BCUT2D eigenvalue weighted by atomic mass is 10.2. The maximum atomic E-state index is 12.9. The molecule has 1 heterocycles. The minimum atomic E-state index is -1.30. The molecule has 2 nitrogen and oxygen atoms in total. The van der Waals surface area contributed by atoms with Gasteiger partial charge in [0.1, 0.15) is 5.82 Å². The largest absolute Gasteiger partial charge is 0.379 e. The van der Waals surface area contributed by atoms with Crippen LogP contribution >= 0.6 is 0 Å². The minimum Gasteiger partial charge on any atom is -0.379 e. The minimum absolute atomic E-state index is 0.147. The normalized spacial score (nSPS) is 17.9. The highest BCUT2D eigenvalue weighted by Gasteiger charge is 2.25. The van der Waals surface area contributed by atoms with Crippen LogP contribution in [0.4, 0.5) is 4.39 Å². The average Bonchev–Trinajstić information content (AvgIpc) is 2.32. The quantitative estimate of drug-likeness (QED) is 0.777. The fourth-order valence-electron chi connectivity index (χ4n) is 2.58. The molecule has 1 aromatic rings. The molecule has 18 heavy (non-hydrogen) atoms. The fourth-order valence-corrected chi connectivity index (χ4v) is 5.55. The van der Waals surface area contributed by atoms with Crippen molar-refractivity contribution in [3.63, 3.8) is 0 Å². The molecule has 2 rings (SSSR count). The van der Waals surface area contributed by atoms with E-state index in [4.69, 9.17) is 4.74 Å². The van der Waals surface area contributed by atoms with E-state index in [0.717, 1.165) is 32.3 Å². The van der Waals surface area contributed by atoms with Gasteiger partial charge >= 0.3 is 0 Å². The van der Waals surface area contributed by atoms with Crippen LogP contribution in [0.1, 0.15) is 5.56 Å². The fraction of sp³-hybridized carbons (Fsp3) is 0.571. The van der Waals surface area contributed by atoms with Crippen LogP contribution in [-0.2, 0) is 10.8 Å². The summed E-state index contributed by atoms with van der Waals surface area (Å²) in [4.78, 5) is 2.51. The number of halogens is 1. The van der Waals surface area contributed by atoms with Crippen molar-refractivity contribution >= 4 is 8.07 Å². The summed E-state index contributed by atoms with van der Waals surface area (Å²) in [7, 11) is -1.30. The van der Waals surface area contributed by atoms with Gasteiger partial charge in [0.2, 0.25) is 0 Å². The number of benzene rings is 1. The molecule has 0 unspecified atom stereocenters. The summed E-state index contributed by atoms with van der Waals surface area (Å²) in [6, 6.07) is 8.08. The molecule has 0 atom stereocenters. The van der Waals surface area contributed by atoms with Crippen molar-refractivity contribution in [3.05, 3.63) is 35.6 Å². The highest BCUT2D eigenvalue weighted by Crippen LogP contribution is 2.15. The first kappa shape index (κ1) is 13.7. The lowest BCUT2D eigenvalue weighted by molar-refractivity contribution is 0.0454. The second-order valence-electron chi connectivity index (χ2n) is 5.86. The van der Waals surface area contributed by atoms with Gasteiger partial charge in [0.15, 0.2) is 0 Å². The predicted octanol–water partition coefficient (Wildman–Crippen LogP) is 2.49. The average molecular weight is 267 g/mol. The summed E-state index contributed by atoms with van der Waals surface area (Å²) < 4.78 is 18.3. The molecule has 1 fully saturated rings. The van der Waals surface area contributed by atoms with Crippen LogP contribution in [0.2, 0.25) is 13.1 Å². The first-order chi connectivity index (χ1) is 8.55. The van der Waals surface area contributed by atoms with E-state index in [1.807, 2.05) is 12.1 Å². The van der Waals surface area contributed by atoms with Gasteiger partial charge in [-0.05, 0) is 24.3 Å². The summed E-state index contributed by atoms with van der Waals surface area (Å²) in [5.74, 6) is -0.147. The van der Waals surface area contributed by atoms with Crippen LogP contribution in [0.25, 0.3) is 0 Å². The summed E-state index contributed by atoms with van der Waals surface area (Å²) >= 11 is 0. The van der Waals surface area contributed by atoms with Crippen molar-refractivity contribution in [3.8, 4) is 0 Å². The van der Waals surface area contributed by atoms with E-state index in [1.165, 1.54) is 11.7 Å². The molecule has 0 saturated carbocycles. The molecule has 0 aromatic heterocycles. The molecule has 4 heteroatoms. The van der Waals surface area contributed by atoms with Crippen LogP contribution in [0.3, 0.4) is 0 Å². The summed E-state index contributed by atoms with van der Waals surface area (Å²) in [5.41, 5.74) is 1.27. The third-order valence-electron chi connectivity index (χ3n) is 3.35. The molecule has 100 valence electrons. The van der Waals surface area contributed by atoms with E-state index in [2.05, 4.69) is 18.0 Å². The highest BCUT2D eigenvalue weighted by molar-refractivity contribution is 6.77. The molecule has 1 saturated heterocycles. The van der Waals surface area contributed by atoms with Gasteiger partial charge in [0.25, 0.3) is 0 Å². The van der Waals surface area contributed by atoms with E-state index >= 15 is 0 Å². The SMILES string of the molecule is C[Si](C)(Cc1ccc(F)cc1)CN1CCOCC1. The van der Waals surface area contributed by atoms with Crippen molar-refractivity contribution in [2.75, 3.05) is 32.5 Å². The van der Waals surface area contributed by atoms with Gasteiger partial charge in [-0.3, -0.25) is 0 Å². The molecule has 0 amide bonds. The number of rotatable bonds is 4. The van der Waals surface area contributed by atoms with Gasteiger partial charge in [0.05, 0.1) is 21.3 Å². The van der Waals surface area contributed by atoms with Gasteiger partial charge in [-0.1, -0.05) is 30.8 Å². The first-order valence-corrected chi connectivity index (χ1v) is 10.0. The smallest absolute Gasteiger partial charge is 0.123 e. The molecule has 1 aliphatic heterocycles. The maximum absolute atomic E-state index is 12.9. The van der Waals surface area contributed by atoms with Crippen LogP contribution in [-0.4, -0.2) is 45.4 Å². The molecule has 0 radical (unpaired) electrons. The van der Waals surface area contributed by atoms with E-state index in [9.17, 15) is 4.39 Å². The number of nitrogens with zero attached hydrogens (tertiary/aromatic N) is 1. The highest BCUT2D eigenvalue weighted by atomic mass is 28.3. The monoisotopic (exact) mass is 267 g/mol. The van der Waals surface area contributed by atoms with Crippen LogP contribution in [0.5, 0.6) is 0 Å². The van der Waals surface area contributed by atoms with Gasteiger partial charge < -0.3 is 9.64 Å². The molecule has 0 aliphatic carbocycles. The Morgan fingerprint density at radius 1 is 1.17 bits per heavy atom. The van der Waals surface area contributed by atoms with E-state index in [1.54, 1.807) is 12.1 Å². The first-order valence-electron chi connectivity index (χ1n) is 6.60. The molecule has 1 aliphatic rings. The lowest BCUT2D eigenvalue weighted by Gasteiger charge is -2.33. The van der Waals surface area contributed by atoms with Gasteiger partial charge in [-0.25, -0.2) is 4.39 Å². The number of morpholine rings is 1. The zero-order valence-electron chi connectivity index (χ0n) is 11.3. The third-order valence-corrected chi connectivity index (χ3v) is 6.02. The van der Waals surface area contributed by atoms with Gasteiger partial charge in [-0.2, -0.15) is 0 Å². The topological polar surface area (TPSA) is 12.5 Å². The Bertz CT molecular complexity index is 374. The Labute approximate surface area is 110 Å². The molecule has 0 N–H and O–H groups in total. The molecular weight excluding hydrogens is 245 g/mol. The summed E-state index contributed by atoms with van der Waals surface area (Å²) in [6.07, 6.45) is 1.20. The van der Waals surface area contributed by atoms with Crippen LogP contribution in [0.15, 0.2) is 24.3 Å². The zero-order valence-corrected chi connectivity index (χ0v) is 12.3. The Morgan fingerprint density at radius 3 is 2.39 bits per heavy atom. The van der Waals surface area contributed by atoms with Crippen molar-refractivity contribution in [2.24, 2.45) is 0 Å². The zero-order chi connectivity index (χ0) is 13.0.